The van der Waals surface area contributed by atoms with Gasteiger partial charge in [0.2, 0.25) is 0 Å². The van der Waals surface area contributed by atoms with Gasteiger partial charge in [-0.1, -0.05) is 0 Å². The van der Waals surface area contributed by atoms with E-state index in [0.29, 0.717) is 5.56 Å². The number of nitrogens with one attached hydrogen (secondary N) is 1. The molecule has 0 aliphatic rings. The Labute approximate surface area is 95.7 Å². The molecule has 1 rings (SSSR count). The number of pyridine rings is 1. The lowest BCUT2D eigenvalue weighted by Gasteiger charge is -2.18. The van der Waals surface area contributed by atoms with Crippen LogP contribution in [0.1, 0.15) is 12.0 Å². The zero-order valence-corrected chi connectivity index (χ0v) is 9.73. The van der Waals surface area contributed by atoms with Gasteiger partial charge in [0.1, 0.15) is 11.7 Å². The summed E-state index contributed by atoms with van der Waals surface area (Å²) in [5.74, 6) is 0.887. The number of hydrogen-bond donors (Lipinski definition) is 2. The van der Waals surface area contributed by atoms with Crippen molar-refractivity contribution in [2.45, 2.75) is 6.42 Å². The molecule has 0 saturated heterocycles. The highest BCUT2D eigenvalue weighted by Crippen LogP contribution is 2.10. The van der Waals surface area contributed by atoms with E-state index in [1.807, 2.05) is 18.0 Å². The summed E-state index contributed by atoms with van der Waals surface area (Å²) >= 11 is 0. The Morgan fingerprint density at radius 3 is 3.00 bits per heavy atom. The van der Waals surface area contributed by atoms with Crippen molar-refractivity contribution >= 4 is 11.7 Å². The largest absolute Gasteiger partial charge is 0.385 e. The lowest BCUT2D eigenvalue weighted by molar-refractivity contribution is 0.196. The lowest BCUT2D eigenvalue weighted by atomic mass is 10.2. The minimum absolute atomic E-state index is 0.0638. The van der Waals surface area contributed by atoms with Crippen molar-refractivity contribution in [3.05, 3.63) is 23.9 Å². The molecule has 88 valence electrons. The summed E-state index contributed by atoms with van der Waals surface area (Å²) in [5, 5.41) is 7.35. The SMILES string of the molecule is COCCCN(C)c1cc(C(=N)N)ccn1. The van der Waals surface area contributed by atoms with Crippen molar-refractivity contribution in [3.63, 3.8) is 0 Å². The molecule has 16 heavy (non-hydrogen) atoms. The van der Waals surface area contributed by atoms with Gasteiger partial charge < -0.3 is 15.4 Å². The molecule has 0 fully saturated rings. The molecule has 1 aromatic rings. The van der Waals surface area contributed by atoms with Gasteiger partial charge in [-0.25, -0.2) is 4.98 Å². The van der Waals surface area contributed by atoms with Gasteiger partial charge in [0.25, 0.3) is 0 Å². The van der Waals surface area contributed by atoms with E-state index < -0.39 is 0 Å². The van der Waals surface area contributed by atoms with Gasteiger partial charge in [0.05, 0.1) is 0 Å². The van der Waals surface area contributed by atoms with Crippen molar-refractivity contribution in [2.75, 3.05) is 32.2 Å². The number of ether oxygens (including phenoxy) is 1. The van der Waals surface area contributed by atoms with Crippen LogP contribution in [0.3, 0.4) is 0 Å². The molecular formula is C11H18N4O. The van der Waals surface area contributed by atoms with Gasteiger partial charge >= 0.3 is 0 Å². The molecule has 0 amide bonds. The van der Waals surface area contributed by atoms with E-state index in [9.17, 15) is 0 Å². The topological polar surface area (TPSA) is 75.2 Å². The van der Waals surface area contributed by atoms with Gasteiger partial charge in [-0.15, -0.1) is 0 Å². The summed E-state index contributed by atoms with van der Waals surface area (Å²) in [4.78, 5) is 6.25. The molecule has 5 nitrogen and oxygen atoms in total. The predicted octanol–water partition coefficient (Wildman–Crippen LogP) is 0.838. The van der Waals surface area contributed by atoms with Crippen LogP contribution in [0, 0.1) is 5.41 Å². The number of nitrogens with zero attached hydrogens (tertiary/aromatic N) is 2. The predicted molar refractivity (Wildman–Crippen MR) is 65.0 cm³/mol. The molecule has 0 spiro atoms. The van der Waals surface area contributed by atoms with E-state index in [1.165, 1.54) is 0 Å². The van der Waals surface area contributed by atoms with Crippen LogP contribution in [-0.4, -0.2) is 38.1 Å². The average molecular weight is 222 g/mol. The number of nitrogens with two attached hydrogens (primary N) is 1. The van der Waals surface area contributed by atoms with Crippen LogP contribution in [0.25, 0.3) is 0 Å². The van der Waals surface area contributed by atoms with Crippen LogP contribution in [0.2, 0.25) is 0 Å². The summed E-state index contributed by atoms with van der Waals surface area (Å²) in [6, 6.07) is 3.55. The Bertz CT molecular complexity index is 354. The average Bonchev–Trinajstić information content (AvgIpc) is 2.29. The number of methoxy groups -OCH3 is 1. The van der Waals surface area contributed by atoms with E-state index >= 15 is 0 Å². The second kappa shape index (κ2) is 6.07. The van der Waals surface area contributed by atoms with E-state index in [-0.39, 0.29) is 5.84 Å². The zero-order valence-electron chi connectivity index (χ0n) is 9.73. The fraction of sp³-hybridized carbons (Fsp3) is 0.455. The first-order valence-corrected chi connectivity index (χ1v) is 5.15. The summed E-state index contributed by atoms with van der Waals surface area (Å²) in [6.45, 7) is 1.60. The van der Waals surface area contributed by atoms with Crippen LogP contribution < -0.4 is 10.6 Å². The van der Waals surface area contributed by atoms with E-state index in [2.05, 4.69) is 4.98 Å². The minimum atomic E-state index is 0.0638. The molecule has 5 heteroatoms. The van der Waals surface area contributed by atoms with Crippen molar-refractivity contribution < 1.29 is 4.74 Å². The molecular weight excluding hydrogens is 204 g/mol. The quantitative estimate of drug-likeness (QED) is 0.425. The molecule has 0 unspecified atom stereocenters. The number of aromatic nitrogens is 1. The van der Waals surface area contributed by atoms with Crippen LogP contribution in [0.4, 0.5) is 5.82 Å². The fourth-order valence-corrected chi connectivity index (χ4v) is 1.36. The van der Waals surface area contributed by atoms with Crippen molar-refractivity contribution in [1.29, 1.82) is 5.41 Å². The maximum absolute atomic E-state index is 7.35. The number of nitrogen functional groups attached to an aromatic ring is 1. The maximum Gasteiger partial charge on any atom is 0.128 e. The van der Waals surface area contributed by atoms with Gasteiger partial charge in [-0.05, 0) is 18.6 Å². The minimum Gasteiger partial charge on any atom is -0.385 e. The van der Waals surface area contributed by atoms with Gasteiger partial charge in [-0.3, -0.25) is 5.41 Å². The lowest BCUT2D eigenvalue weighted by Crippen LogP contribution is -2.21. The van der Waals surface area contributed by atoms with Gasteiger partial charge in [-0.2, -0.15) is 0 Å². The maximum atomic E-state index is 7.35. The monoisotopic (exact) mass is 222 g/mol. The van der Waals surface area contributed by atoms with E-state index in [1.54, 1.807) is 19.4 Å². The van der Waals surface area contributed by atoms with Crippen LogP contribution in [0.15, 0.2) is 18.3 Å². The summed E-state index contributed by atoms with van der Waals surface area (Å²) in [6.07, 6.45) is 2.61. The Hall–Kier alpha value is -1.62. The molecule has 0 atom stereocenters. The Kier molecular flexibility index (Phi) is 4.72. The molecule has 0 aliphatic carbocycles. The molecule has 0 bridgehead atoms. The first kappa shape index (κ1) is 12.4. The van der Waals surface area contributed by atoms with Crippen molar-refractivity contribution in [3.8, 4) is 0 Å². The van der Waals surface area contributed by atoms with Crippen LogP contribution >= 0.6 is 0 Å². The standard InChI is InChI=1S/C11H18N4O/c1-15(6-3-7-16-2)10-8-9(11(12)13)4-5-14-10/h4-5,8H,3,6-7H2,1-2H3,(H3,12,13). The molecule has 1 heterocycles. The van der Waals surface area contributed by atoms with Crippen molar-refractivity contribution in [2.24, 2.45) is 5.73 Å². The van der Waals surface area contributed by atoms with E-state index in [4.69, 9.17) is 15.9 Å². The highest BCUT2D eigenvalue weighted by molar-refractivity contribution is 5.95. The van der Waals surface area contributed by atoms with Crippen LogP contribution in [0.5, 0.6) is 0 Å². The number of hydrogen-bond acceptors (Lipinski definition) is 4. The van der Waals surface area contributed by atoms with Crippen molar-refractivity contribution in [1.82, 2.24) is 4.98 Å². The normalized spacial score (nSPS) is 10.1. The highest BCUT2D eigenvalue weighted by Gasteiger charge is 2.04. The number of amidine groups is 1. The Morgan fingerprint density at radius 2 is 2.38 bits per heavy atom. The number of rotatable bonds is 6. The fourth-order valence-electron chi connectivity index (χ4n) is 1.36. The van der Waals surface area contributed by atoms with Gasteiger partial charge in [0, 0.05) is 39.1 Å². The summed E-state index contributed by atoms with van der Waals surface area (Å²) in [7, 11) is 3.65. The first-order chi connectivity index (χ1) is 7.65. The Morgan fingerprint density at radius 1 is 1.62 bits per heavy atom. The molecule has 0 saturated carbocycles. The zero-order chi connectivity index (χ0) is 12.0. The summed E-state index contributed by atoms with van der Waals surface area (Å²) in [5.41, 5.74) is 6.12. The molecule has 0 aromatic carbocycles. The van der Waals surface area contributed by atoms with Gasteiger partial charge in [0.15, 0.2) is 0 Å². The molecule has 0 radical (unpaired) electrons. The van der Waals surface area contributed by atoms with E-state index in [0.717, 1.165) is 25.4 Å². The first-order valence-electron chi connectivity index (χ1n) is 5.15. The third kappa shape index (κ3) is 3.51. The molecule has 0 aliphatic heterocycles. The number of anilines is 1. The molecule has 3 N–H and O–H groups in total. The third-order valence-corrected chi connectivity index (χ3v) is 2.29. The highest BCUT2D eigenvalue weighted by atomic mass is 16.5. The Balaban J connectivity index is 2.64. The molecule has 1 aromatic heterocycles. The second-order valence-electron chi connectivity index (χ2n) is 3.58. The smallest absolute Gasteiger partial charge is 0.128 e. The van der Waals surface area contributed by atoms with Crippen LogP contribution in [-0.2, 0) is 4.74 Å². The second-order valence-corrected chi connectivity index (χ2v) is 3.58. The summed E-state index contributed by atoms with van der Waals surface area (Å²) < 4.78 is 4.99. The third-order valence-electron chi connectivity index (χ3n) is 2.29.